The van der Waals surface area contributed by atoms with Gasteiger partial charge in [-0.25, -0.2) is 4.98 Å². The minimum atomic E-state index is 0.611. The van der Waals surface area contributed by atoms with Gasteiger partial charge < -0.3 is 4.42 Å². The van der Waals surface area contributed by atoms with E-state index in [2.05, 4.69) is 29.1 Å². The SMILES string of the molecule is CC(C)C[NH2+]c1ncnc2c1oc1ccccc12. The summed E-state index contributed by atoms with van der Waals surface area (Å²) < 4.78 is 5.86. The van der Waals surface area contributed by atoms with Crippen molar-refractivity contribution in [3.8, 4) is 0 Å². The van der Waals surface area contributed by atoms with Gasteiger partial charge >= 0.3 is 0 Å². The van der Waals surface area contributed by atoms with Crippen LogP contribution in [-0.4, -0.2) is 16.5 Å². The zero-order valence-corrected chi connectivity index (χ0v) is 10.6. The Labute approximate surface area is 105 Å². The summed E-state index contributed by atoms with van der Waals surface area (Å²) in [6.07, 6.45) is 1.61. The Morgan fingerprint density at radius 1 is 1.22 bits per heavy atom. The molecule has 2 heterocycles. The van der Waals surface area contributed by atoms with Crippen LogP contribution in [0, 0.1) is 5.92 Å². The molecule has 2 N–H and O–H groups in total. The normalized spacial score (nSPS) is 11.7. The zero-order valence-electron chi connectivity index (χ0n) is 10.6. The van der Waals surface area contributed by atoms with Gasteiger partial charge in [0.05, 0.1) is 6.54 Å². The van der Waals surface area contributed by atoms with E-state index in [1.807, 2.05) is 24.3 Å². The average Bonchev–Trinajstić information content (AvgIpc) is 2.75. The van der Waals surface area contributed by atoms with E-state index in [1.54, 1.807) is 6.33 Å². The maximum atomic E-state index is 5.86. The maximum Gasteiger partial charge on any atom is 0.271 e. The van der Waals surface area contributed by atoms with Gasteiger partial charge in [0, 0.05) is 11.3 Å². The van der Waals surface area contributed by atoms with E-state index in [9.17, 15) is 0 Å². The molecule has 3 rings (SSSR count). The second-order valence-electron chi connectivity index (χ2n) is 4.87. The fraction of sp³-hybridized carbons (Fsp3) is 0.286. The fourth-order valence-corrected chi connectivity index (χ4v) is 2.03. The number of rotatable bonds is 3. The van der Waals surface area contributed by atoms with Crippen LogP contribution in [0.4, 0.5) is 5.82 Å². The number of fused-ring (bicyclic) bond motifs is 3. The molecule has 0 radical (unpaired) electrons. The molecule has 0 amide bonds. The van der Waals surface area contributed by atoms with E-state index in [-0.39, 0.29) is 0 Å². The summed E-state index contributed by atoms with van der Waals surface area (Å²) in [5.74, 6) is 1.50. The van der Waals surface area contributed by atoms with Crippen LogP contribution >= 0.6 is 0 Å². The molecule has 1 aromatic carbocycles. The van der Waals surface area contributed by atoms with Gasteiger partial charge in [-0.15, -0.1) is 0 Å². The number of nitrogens with zero attached hydrogens (tertiary/aromatic N) is 2. The highest BCUT2D eigenvalue weighted by molar-refractivity contribution is 6.04. The highest BCUT2D eigenvalue weighted by Gasteiger charge is 2.15. The molecule has 0 aliphatic rings. The van der Waals surface area contributed by atoms with Crippen LogP contribution < -0.4 is 5.32 Å². The standard InChI is InChI=1S/C14H15N3O/c1-9(2)7-15-14-13-12(16-8-17-14)10-5-3-4-6-11(10)18-13/h3-6,8-9H,7H2,1-2H3,(H,15,16,17)/p+1. The van der Waals surface area contributed by atoms with Gasteiger partial charge in [0.2, 0.25) is 5.58 Å². The molecular formula is C14H16N3O+. The lowest BCUT2D eigenvalue weighted by Crippen LogP contribution is -2.79. The first-order chi connectivity index (χ1) is 8.75. The van der Waals surface area contributed by atoms with Gasteiger partial charge in [-0.05, 0) is 12.1 Å². The Kier molecular flexibility index (Phi) is 2.72. The van der Waals surface area contributed by atoms with Crippen molar-refractivity contribution in [2.75, 3.05) is 6.54 Å². The number of benzene rings is 1. The van der Waals surface area contributed by atoms with Crippen molar-refractivity contribution < 1.29 is 9.73 Å². The Balaban J connectivity index is 2.15. The summed E-state index contributed by atoms with van der Waals surface area (Å²) in [6.45, 7) is 5.37. The highest BCUT2D eigenvalue weighted by atomic mass is 16.3. The van der Waals surface area contributed by atoms with Gasteiger partial charge in [-0.3, -0.25) is 5.32 Å². The van der Waals surface area contributed by atoms with Crippen LogP contribution in [0.2, 0.25) is 0 Å². The first-order valence-corrected chi connectivity index (χ1v) is 6.21. The minimum absolute atomic E-state index is 0.611. The number of hydrogen-bond acceptors (Lipinski definition) is 3. The maximum absolute atomic E-state index is 5.86. The van der Waals surface area contributed by atoms with Crippen LogP contribution in [0.15, 0.2) is 35.0 Å². The van der Waals surface area contributed by atoms with Crippen LogP contribution in [0.5, 0.6) is 0 Å². The molecule has 0 atom stereocenters. The molecule has 4 nitrogen and oxygen atoms in total. The molecule has 0 spiro atoms. The summed E-state index contributed by atoms with van der Waals surface area (Å²) in [5, 5.41) is 3.17. The summed E-state index contributed by atoms with van der Waals surface area (Å²) in [5.41, 5.74) is 2.56. The van der Waals surface area contributed by atoms with Crippen LogP contribution in [-0.2, 0) is 0 Å². The summed E-state index contributed by atoms with van der Waals surface area (Å²) >= 11 is 0. The fourth-order valence-electron chi connectivity index (χ4n) is 2.03. The van der Waals surface area contributed by atoms with Crippen molar-refractivity contribution in [2.45, 2.75) is 13.8 Å². The van der Waals surface area contributed by atoms with Gasteiger partial charge in [-0.1, -0.05) is 26.0 Å². The summed E-state index contributed by atoms with van der Waals surface area (Å²) in [4.78, 5) is 8.65. The van der Waals surface area contributed by atoms with Crippen LogP contribution in [0.25, 0.3) is 22.1 Å². The average molecular weight is 242 g/mol. The number of aromatic nitrogens is 2. The molecule has 0 aliphatic heterocycles. The monoisotopic (exact) mass is 242 g/mol. The van der Waals surface area contributed by atoms with E-state index in [0.29, 0.717) is 5.92 Å². The smallest absolute Gasteiger partial charge is 0.271 e. The molecule has 0 fully saturated rings. The summed E-state index contributed by atoms with van der Waals surface area (Å²) in [6, 6.07) is 7.95. The quantitative estimate of drug-likeness (QED) is 0.766. The second kappa shape index (κ2) is 4.38. The second-order valence-corrected chi connectivity index (χ2v) is 4.87. The molecule has 3 aromatic rings. The molecule has 0 aliphatic carbocycles. The topological polar surface area (TPSA) is 55.5 Å². The van der Waals surface area contributed by atoms with Crippen molar-refractivity contribution >= 4 is 27.9 Å². The largest absolute Gasteiger partial charge is 0.446 e. The zero-order chi connectivity index (χ0) is 12.5. The molecule has 0 saturated heterocycles. The van der Waals surface area contributed by atoms with E-state index >= 15 is 0 Å². The van der Waals surface area contributed by atoms with Crippen molar-refractivity contribution in [3.05, 3.63) is 30.6 Å². The lowest BCUT2D eigenvalue weighted by Gasteiger charge is -2.02. The predicted molar refractivity (Wildman–Crippen MR) is 70.6 cm³/mol. The number of furan rings is 1. The highest BCUT2D eigenvalue weighted by Crippen LogP contribution is 2.28. The molecule has 0 bridgehead atoms. The molecule has 0 unspecified atom stereocenters. The lowest BCUT2D eigenvalue weighted by molar-refractivity contribution is -0.579. The van der Waals surface area contributed by atoms with Crippen molar-refractivity contribution in [3.63, 3.8) is 0 Å². The Bertz CT molecular complexity index is 688. The molecule has 92 valence electrons. The van der Waals surface area contributed by atoms with E-state index < -0.39 is 0 Å². The Hall–Kier alpha value is -1.94. The molecule has 4 heteroatoms. The van der Waals surface area contributed by atoms with Crippen LogP contribution in [0.1, 0.15) is 13.8 Å². The number of quaternary nitrogens is 1. The third kappa shape index (κ3) is 1.84. The van der Waals surface area contributed by atoms with E-state index in [4.69, 9.17) is 4.42 Å². The van der Waals surface area contributed by atoms with Gasteiger partial charge in [-0.2, -0.15) is 4.98 Å². The number of hydrogen-bond donors (Lipinski definition) is 1. The molecule has 0 saturated carbocycles. The first-order valence-electron chi connectivity index (χ1n) is 6.21. The third-order valence-electron chi connectivity index (χ3n) is 2.97. The predicted octanol–water partition coefficient (Wildman–Crippen LogP) is 2.23. The van der Waals surface area contributed by atoms with Crippen molar-refractivity contribution in [2.24, 2.45) is 5.92 Å². The molecule has 2 aromatic heterocycles. The van der Waals surface area contributed by atoms with Gasteiger partial charge in [0.1, 0.15) is 17.4 Å². The van der Waals surface area contributed by atoms with E-state index in [0.717, 1.165) is 34.4 Å². The van der Waals surface area contributed by atoms with Gasteiger partial charge in [0.15, 0.2) is 0 Å². The van der Waals surface area contributed by atoms with Gasteiger partial charge in [0.25, 0.3) is 5.82 Å². The lowest BCUT2D eigenvalue weighted by atomic mass is 10.2. The van der Waals surface area contributed by atoms with E-state index in [1.165, 1.54) is 0 Å². The van der Waals surface area contributed by atoms with Crippen molar-refractivity contribution in [1.82, 2.24) is 9.97 Å². The Morgan fingerprint density at radius 3 is 2.89 bits per heavy atom. The third-order valence-corrected chi connectivity index (χ3v) is 2.97. The van der Waals surface area contributed by atoms with Crippen molar-refractivity contribution in [1.29, 1.82) is 0 Å². The Morgan fingerprint density at radius 2 is 2.06 bits per heavy atom. The first kappa shape index (κ1) is 11.2. The minimum Gasteiger partial charge on any atom is -0.446 e. The molecule has 18 heavy (non-hydrogen) atoms. The number of nitrogens with two attached hydrogens (primary N) is 1. The summed E-state index contributed by atoms with van der Waals surface area (Å²) in [7, 11) is 0. The van der Waals surface area contributed by atoms with Crippen LogP contribution in [0.3, 0.4) is 0 Å². The molecular weight excluding hydrogens is 226 g/mol. The number of para-hydroxylation sites is 1.